The molecular weight excluding hydrogens is 201 g/mol. The second kappa shape index (κ2) is 3.42. The molecule has 0 heterocycles. The second-order valence-corrected chi connectivity index (χ2v) is 4.18. The third kappa shape index (κ3) is 2.37. The van der Waals surface area contributed by atoms with Gasteiger partial charge in [-0.2, -0.15) is 13.2 Å². The first-order valence-corrected chi connectivity index (χ1v) is 3.93. The Kier molecular flexibility index (Phi) is 3.23. The van der Waals surface area contributed by atoms with Crippen molar-refractivity contribution < 1.29 is 28.2 Å². The van der Waals surface area contributed by atoms with Crippen molar-refractivity contribution in [3.8, 4) is 0 Å². The number of carboxylic acids is 1. The van der Waals surface area contributed by atoms with Crippen LogP contribution < -0.4 is 0 Å². The Labute approximate surface area is 79.5 Å². The van der Waals surface area contributed by atoms with Crippen LogP contribution in [0.4, 0.5) is 13.2 Å². The molecule has 0 amide bonds. The minimum atomic E-state index is -4.95. The van der Waals surface area contributed by atoms with Gasteiger partial charge in [0.25, 0.3) is 0 Å². The lowest BCUT2D eigenvalue weighted by molar-refractivity contribution is -0.295. The van der Waals surface area contributed by atoms with Gasteiger partial charge in [-0.25, -0.2) is 0 Å². The van der Waals surface area contributed by atoms with Gasteiger partial charge in [0.15, 0.2) is 5.60 Å². The predicted octanol–water partition coefficient (Wildman–Crippen LogP) is 1.80. The zero-order chi connectivity index (χ0) is 11.8. The van der Waals surface area contributed by atoms with E-state index >= 15 is 0 Å². The van der Waals surface area contributed by atoms with Crippen LogP contribution in [0, 0.1) is 5.41 Å². The SMILES string of the molecule is CC(C)(C)C(O)(CC(=O)O)C(F)(F)F. The van der Waals surface area contributed by atoms with E-state index in [1.807, 2.05) is 0 Å². The first-order chi connectivity index (χ1) is 5.92. The van der Waals surface area contributed by atoms with Crippen molar-refractivity contribution in [2.24, 2.45) is 5.41 Å². The Hall–Kier alpha value is -0.780. The maximum atomic E-state index is 12.4. The van der Waals surface area contributed by atoms with Gasteiger partial charge in [-0.15, -0.1) is 0 Å². The number of aliphatic carboxylic acids is 1. The summed E-state index contributed by atoms with van der Waals surface area (Å²) in [6.07, 6.45) is -6.30. The summed E-state index contributed by atoms with van der Waals surface area (Å²) in [6, 6.07) is 0. The van der Waals surface area contributed by atoms with E-state index in [1.54, 1.807) is 0 Å². The number of hydrogen-bond acceptors (Lipinski definition) is 2. The summed E-state index contributed by atoms with van der Waals surface area (Å²) in [6.45, 7) is 3.43. The Morgan fingerprint density at radius 2 is 1.57 bits per heavy atom. The molecule has 3 nitrogen and oxygen atoms in total. The molecule has 0 fully saturated rings. The van der Waals surface area contributed by atoms with Crippen LogP contribution in [0.5, 0.6) is 0 Å². The Morgan fingerprint density at radius 3 is 1.64 bits per heavy atom. The van der Waals surface area contributed by atoms with Crippen LogP contribution in [0.25, 0.3) is 0 Å². The molecule has 0 aliphatic heterocycles. The number of carboxylic acid groups (broad SMARTS) is 1. The number of hydrogen-bond donors (Lipinski definition) is 2. The van der Waals surface area contributed by atoms with Crippen LogP contribution >= 0.6 is 0 Å². The highest BCUT2D eigenvalue weighted by Crippen LogP contribution is 2.45. The highest BCUT2D eigenvalue weighted by Gasteiger charge is 2.61. The maximum Gasteiger partial charge on any atom is 0.418 e. The average molecular weight is 214 g/mol. The largest absolute Gasteiger partial charge is 0.481 e. The molecule has 0 aliphatic carbocycles. The van der Waals surface area contributed by atoms with Crippen LogP contribution in [0.15, 0.2) is 0 Å². The first-order valence-electron chi connectivity index (χ1n) is 3.93. The molecule has 1 unspecified atom stereocenters. The predicted molar refractivity (Wildman–Crippen MR) is 42.7 cm³/mol. The van der Waals surface area contributed by atoms with Gasteiger partial charge < -0.3 is 10.2 Å². The fourth-order valence-electron chi connectivity index (χ4n) is 1.01. The number of alkyl halides is 3. The number of carbonyl (C=O) groups is 1. The third-order valence-electron chi connectivity index (χ3n) is 2.12. The summed E-state index contributed by atoms with van der Waals surface area (Å²) in [5.74, 6) is -1.68. The van der Waals surface area contributed by atoms with E-state index in [4.69, 9.17) is 5.11 Å². The first kappa shape index (κ1) is 13.2. The fourth-order valence-corrected chi connectivity index (χ4v) is 1.01. The lowest BCUT2D eigenvalue weighted by Crippen LogP contribution is -2.56. The molecule has 0 aromatic carbocycles. The van der Waals surface area contributed by atoms with Crippen LogP contribution in [0.3, 0.4) is 0 Å². The summed E-state index contributed by atoms with van der Waals surface area (Å²) < 4.78 is 37.3. The molecule has 2 N–H and O–H groups in total. The van der Waals surface area contributed by atoms with Gasteiger partial charge >= 0.3 is 12.1 Å². The molecular formula is C8H13F3O3. The normalized spacial score (nSPS) is 17.6. The van der Waals surface area contributed by atoms with Crippen LogP contribution in [-0.4, -0.2) is 28.0 Å². The molecule has 1 atom stereocenters. The van der Waals surface area contributed by atoms with E-state index in [1.165, 1.54) is 0 Å². The average Bonchev–Trinajstić information content (AvgIpc) is 1.79. The molecule has 0 saturated heterocycles. The molecule has 84 valence electrons. The molecule has 0 bridgehead atoms. The molecule has 0 aromatic heterocycles. The summed E-state index contributed by atoms with van der Waals surface area (Å²) >= 11 is 0. The van der Waals surface area contributed by atoms with Crippen molar-refractivity contribution in [2.45, 2.75) is 39.0 Å². The second-order valence-electron chi connectivity index (χ2n) is 4.18. The molecule has 14 heavy (non-hydrogen) atoms. The van der Waals surface area contributed by atoms with Gasteiger partial charge in [0.05, 0.1) is 6.42 Å². The highest BCUT2D eigenvalue weighted by atomic mass is 19.4. The Balaban J connectivity index is 5.18. The van der Waals surface area contributed by atoms with E-state index in [0.717, 1.165) is 20.8 Å². The zero-order valence-corrected chi connectivity index (χ0v) is 8.14. The topological polar surface area (TPSA) is 57.5 Å². The fraction of sp³-hybridized carbons (Fsp3) is 0.875. The lowest BCUT2D eigenvalue weighted by atomic mass is 9.74. The number of aliphatic hydroxyl groups is 1. The summed E-state index contributed by atoms with van der Waals surface area (Å²) in [5.41, 5.74) is -4.78. The lowest BCUT2D eigenvalue weighted by Gasteiger charge is -2.40. The quantitative estimate of drug-likeness (QED) is 0.736. The van der Waals surface area contributed by atoms with Crippen molar-refractivity contribution in [2.75, 3.05) is 0 Å². The molecule has 0 spiro atoms. The molecule has 0 aliphatic rings. The van der Waals surface area contributed by atoms with E-state index in [9.17, 15) is 23.1 Å². The van der Waals surface area contributed by atoms with Gasteiger partial charge in [-0.1, -0.05) is 20.8 Å². The Bertz CT molecular complexity index is 213. The molecule has 0 saturated carbocycles. The number of rotatable bonds is 2. The summed E-state index contributed by atoms with van der Waals surface area (Å²) in [4.78, 5) is 10.2. The van der Waals surface area contributed by atoms with Gasteiger partial charge in [0.2, 0.25) is 0 Å². The smallest absolute Gasteiger partial charge is 0.418 e. The van der Waals surface area contributed by atoms with Gasteiger partial charge in [-0.05, 0) is 0 Å². The summed E-state index contributed by atoms with van der Waals surface area (Å²) in [5, 5.41) is 17.7. The van der Waals surface area contributed by atoms with Crippen molar-refractivity contribution in [1.82, 2.24) is 0 Å². The van der Waals surface area contributed by atoms with Crippen molar-refractivity contribution in [1.29, 1.82) is 0 Å². The van der Waals surface area contributed by atoms with Gasteiger partial charge in [0.1, 0.15) is 0 Å². The number of halogens is 3. The monoisotopic (exact) mass is 214 g/mol. The Morgan fingerprint density at radius 1 is 1.21 bits per heavy atom. The minimum Gasteiger partial charge on any atom is -0.481 e. The molecule has 0 radical (unpaired) electrons. The van der Waals surface area contributed by atoms with Crippen LogP contribution in [0.1, 0.15) is 27.2 Å². The van der Waals surface area contributed by atoms with Crippen LogP contribution in [0.2, 0.25) is 0 Å². The van der Waals surface area contributed by atoms with Crippen molar-refractivity contribution >= 4 is 5.97 Å². The standard InChI is InChI=1S/C8H13F3O3/c1-6(2,3)7(14,4-5(12)13)8(9,10)11/h14H,4H2,1-3H3,(H,12,13). The van der Waals surface area contributed by atoms with Crippen molar-refractivity contribution in [3.05, 3.63) is 0 Å². The van der Waals surface area contributed by atoms with Gasteiger partial charge in [-0.3, -0.25) is 4.79 Å². The van der Waals surface area contributed by atoms with E-state index in [0.29, 0.717) is 0 Å². The van der Waals surface area contributed by atoms with Crippen LogP contribution in [-0.2, 0) is 4.79 Å². The highest BCUT2D eigenvalue weighted by molar-refractivity contribution is 5.68. The van der Waals surface area contributed by atoms with Gasteiger partial charge in [0, 0.05) is 5.41 Å². The van der Waals surface area contributed by atoms with Crippen molar-refractivity contribution in [3.63, 3.8) is 0 Å². The third-order valence-corrected chi connectivity index (χ3v) is 2.12. The molecule has 0 rings (SSSR count). The zero-order valence-electron chi connectivity index (χ0n) is 8.14. The van der Waals surface area contributed by atoms with E-state index in [-0.39, 0.29) is 0 Å². The van der Waals surface area contributed by atoms with E-state index in [2.05, 4.69) is 0 Å². The van der Waals surface area contributed by atoms with E-state index < -0.39 is 29.6 Å². The maximum absolute atomic E-state index is 12.4. The minimum absolute atomic E-state index is 1.14. The summed E-state index contributed by atoms with van der Waals surface area (Å²) in [7, 11) is 0. The molecule has 6 heteroatoms. The molecule has 0 aromatic rings.